The summed E-state index contributed by atoms with van der Waals surface area (Å²) in [4.78, 5) is 13.7. The summed E-state index contributed by atoms with van der Waals surface area (Å²) >= 11 is 1.96. The molecule has 0 radical (unpaired) electrons. The number of hydrogen-bond donors (Lipinski definition) is 0. The molecule has 0 bridgehead atoms. The highest BCUT2D eigenvalue weighted by Crippen LogP contribution is 2.66. The van der Waals surface area contributed by atoms with Crippen LogP contribution in [0.1, 0.15) is 37.3 Å². The van der Waals surface area contributed by atoms with Gasteiger partial charge in [0.15, 0.2) is 14.1 Å². The minimum Gasteiger partial charge on any atom is -0.403 e. The van der Waals surface area contributed by atoms with Crippen LogP contribution in [0.2, 0.25) is 19.6 Å². The first-order chi connectivity index (χ1) is 12.4. The summed E-state index contributed by atoms with van der Waals surface area (Å²) < 4.78 is 6.75. The first kappa shape index (κ1) is 18.5. The molecule has 3 aliphatic rings. The van der Waals surface area contributed by atoms with Crippen LogP contribution in [0.3, 0.4) is 0 Å². The van der Waals surface area contributed by atoms with Gasteiger partial charge in [0.1, 0.15) is 5.60 Å². The van der Waals surface area contributed by atoms with Gasteiger partial charge in [0, 0.05) is 11.8 Å². The first-order valence-corrected chi connectivity index (χ1v) is 14.4. The van der Waals surface area contributed by atoms with E-state index >= 15 is 0 Å². The van der Waals surface area contributed by atoms with Crippen LogP contribution in [0.15, 0.2) is 36.4 Å². The summed E-state index contributed by atoms with van der Waals surface area (Å²) in [6.07, 6.45) is 8.43. The molecular formula is C22H30O2SSi. The van der Waals surface area contributed by atoms with Gasteiger partial charge < -0.3 is 4.43 Å². The molecule has 3 aliphatic carbocycles. The maximum atomic E-state index is 13.7. The highest BCUT2D eigenvalue weighted by Gasteiger charge is 2.73. The quantitative estimate of drug-likeness (QED) is 0.505. The number of aryl methyl sites for hydroxylation is 1. The summed E-state index contributed by atoms with van der Waals surface area (Å²) in [6, 6.07) is 8.78. The zero-order chi connectivity index (χ0) is 18.6. The molecule has 4 unspecified atom stereocenters. The largest absolute Gasteiger partial charge is 0.403 e. The Bertz CT molecular complexity index is 749. The zero-order valence-corrected chi connectivity index (χ0v) is 18.2. The molecule has 2 nitrogen and oxygen atoms in total. The molecule has 0 N–H and O–H groups in total. The number of ketones is 1. The maximum absolute atomic E-state index is 13.7. The molecule has 0 amide bonds. The normalized spacial score (nSPS) is 35.8. The van der Waals surface area contributed by atoms with Crippen molar-refractivity contribution >= 4 is 25.9 Å². The molecule has 0 aromatic heterocycles. The smallest absolute Gasteiger partial charge is 0.185 e. The molecule has 4 atom stereocenters. The van der Waals surface area contributed by atoms with E-state index in [4.69, 9.17) is 4.43 Å². The van der Waals surface area contributed by atoms with Gasteiger partial charge in [0.2, 0.25) is 0 Å². The van der Waals surface area contributed by atoms with E-state index in [0.717, 1.165) is 31.4 Å². The van der Waals surface area contributed by atoms with Gasteiger partial charge in [-0.3, -0.25) is 4.79 Å². The van der Waals surface area contributed by atoms with Gasteiger partial charge in [-0.25, -0.2) is 0 Å². The van der Waals surface area contributed by atoms with Gasteiger partial charge in [-0.1, -0.05) is 43.3 Å². The van der Waals surface area contributed by atoms with Crippen molar-refractivity contribution in [1.29, 1.82) is 0 Å². The lowest BCUT2D eigenvalue weighted by Gasteiger charge is -2.63. The van der Waals surface area contributed by atoms with E-state index in [-0.39, 0.29) is 10.7 Å². The Balaban J connectivity index is 1.91. The first-order valence-electron chi connectivity index (χ1n) is 9.97. The predicted molar refractivity (Wildman–Crippen MR) is 112 cm³/mol. The Morgan fingerprint density at radius 2 is 1.92 bits per heavy atom. The van der Waals surface area contributed by atoms with Crippen LogP contribution in [0.4, 0.5) is 0 Å². The van der Waals surface area contributed by atoms with E-state index in [1.807, 2.05) is 11.8 Å². The monoisotopic (exact) mass is 386 g/mol. The van der Waals surface area contributed by atoms with Crippen LogP contribution in [-0.2, 0) is 20.4 Å². The maximum Gasteiger partial charge on any atom is 0.185 e. The predicted octanol–water partition coefficient (Wildman–Crippen LogP) is 5.34. The minimum atomic E-state index is -1.90. The summed E-state index contributed by atoms with van der Waals surface area (Å²) in [5, 5.41) is 0. The third kappa shape index (κ3) is 2.45. The van der Waals surface area contributed by atoms with Crippen LogP contribution in [0, 0.1) is 11.8 Å². The van der Waals surface area contributed by atoms with Crippen LogP contribution in [0.25, 0.3) is 0 Å². The van der Waals surface area contributed by atoms with E-state index in [0.29, 0.717) is 11.7 Å². The van der Waals surface area contributed by atoms with Crippen molar-refractivity contribution in [3.05, 3.63) is 47.5 Å². The zero-order valence-electron chi connectivity index (χ0n) is 16.4. The van der Waals surface area contributed by atoms with Crippen molar-refractivity contribution < 1.29 is 9.22 Å². The van der Waals surface area contributed by atoms with Gasteiger partial charge >= 0.3 is 0 Å². The number of hydrogen-bond acceptors (Lipinski definition) is 3. The molecule has 1 aromatic rings. The number of carbonyl (C=O) groups excluding carboxylic acids is 1. The molecular weight excluding hydrogens is 356 g/mol. The SMILES string of the molecule is CCSC1(C2(O[Si](C)(C)C)C(=O)C3CC=CCC32)CCc2ccccc21. The molecule has 1 fully saturated rings. The summed E-state index contributed by atoms with van der Waals surface area (Å²) in [5.41, 5.74) is 2.14. The average molecular weight is 387 g/mol. The number of benzene rings is 1. The third-order valence-electron chi connectivity index (χ3n) is 6.31. The van der Waals surface area contributed by atoms with Crippen molar-refractivity contribution in [1.82, 2.24) is 0 Å². The minimum absolute atomic E-state index is 0.165. The van der Waals surface area contributed by atoms with Crippen molar-refractivity contribution in [2.75, 3.05) is 5.75 Å². The Hall–Kier alpha value is -0.843. The van der Waals surface area contributed by atoms with Crippen LogP contribution in [0.5, 0.6) is 0 Å². The highest BCUT2D eigenvalue weighted by atomic mass is 32.2. The van der Waals surface area contributed by atoms with E-state index in [1.54, 1.807) is 0 Å². The van der Waals surface area contributed by atoms with Crippen LogP contribution >= 0.6 is 11.8 Å². The number of carbonyl (C=O) groups is 1. The van der Waals surface area contributed by atoms with Gasteiger partial charge in [-0.15, -0.1) is 11.8 Å². The number of allylic oxidation sites excluding steroid dienone is 2. The summed E-state index contributed by atoms with van der Waals surface area (Å²) in [6.45, 7) is 8.93. The molecule has 1 aromatic carbocycles. The molecule has 0 heterocycles. The highest BCUT2D eigenvalue weighted by molar-refractivity contribution is 8.00. The van der Waals surface area contributed by atoms with E-state index in [9.17, 15) is 4.79 Å². The molecule has 1 saturated carbocycles. The standard InChI is InChI=1S/C22H30O2SSi/c1-5-25-21(15-14-16-10-6-8-12-18(16)21)22(24-26(2,3)4)19-13-9-7-11-17(19)20(22)23/h6-10,12,17,19H,5,11,13-15H2,1-4H3. The second-order valence-electron chi connectivity index (χ2n) is 8.89. The molecule has 0 spiro atoms. The van der Waals surface area contributed by atoms with E-state index in [2.05, 4.69) is 63.0 Å². The second kappa shape index (κ2) is 6.35. The molecule has 0 aliphatic heterocycles. The molecule has 0 saturated heterocycles. The number of fused-ring (bicyclic) bond motifs is 2. The lowest BCUT2D eigenvalue weighted by molar-refractivity contribution is -0.180. The second-order valence-corrected chi connectivity index (χ2v) is 14.9. The van der Waals surface area contributed by atoms with Crippen LogP contribution < -0.4 is 0 Å². The molecule has 140 valence electrons. The fraction of sp³-hybridized carbons (Fsp3) is 0.591. The van der Waals surface area contributed by atoms with Crippen molar-refractivity contribution in [2.24, 2.45) is 11.8 Å². The van der Waals surface area contributed by atoms with E-state index < -0.39 is 13.9 Å². The van der Waals surface area contributed by atoms with Gasteiger partial charge in [-0.05, 0) is 62.2 Å². The topological polar surface area (TPSA) is 26.3 Å². The lowest BCUT2D eigenvalue weighted by Crippen LogP contribution is -2.75. The molecule has 4 rings (SSSR count). The van der Waals surface area contributed by atoms with Crippen molar-refractivity contribution in [3.8, 4) is 0 Å². The van der Waals surface area contributed by atoms with Crippen molar-refractivity contribution in [2.45, 2.75) is 62.6 Å². The van der Waals surface area contributed by atoms with Gasteiger partial charge in [-0.2, -0.15) is 0 Å². The van der Waals surface area contributed by atoms with Gasteiger partial charge in [0.05, 0.1) is 4.75 Å². The average Bonchev–Trinajstić information content (AvgIpc) is 2.99. The molecule has 4 heteroatoms. The number of rotatable bonds is 5. The fourth-order valence-electron chi connectivity index (χ4n) is 5.57. The fourth-order valence-corrected chi connectivity index (χ4v) is 8.64. The third-order valence-corrected chi connectivity index (χ3v) is 8.76. The van der Waals surface area contributed by atoms with E-state index in [1.165, 1.54) is 11.1 Å². The number of thioether (sulfide) groups is 1. The Kier molecular flexibility index (Phi) is 4.52. The Morgan fingerprint density at radius 1 is 1.19 bits per heavy atom. The summed E-state index contributed by atoms with van der Waals surface area (Å²) in [5.74, 6) is 1.88. The molecule has 26 heavy (non-hydrogen) atoms. The lowest BCUT2D eigenvalue weighted by atomic mass is 9.51. The number of Topliss-reactive ketones (excluding diaryl/α,β-unsaturated/α-hetero) is 1. The van der Waals surface area contributed by atoms with Gasteiger partial charge in [0.25, 0.3) is 0 Å². The van der Waals surface area contributed by atoms with Crippen LogP contribution in [-0.4, -0.2) is 25.5 Å². The Morgan fingerprint density at radius 3 is 2.65 bits per heavy atom. The Labute approximate surface area is 162 Å². The summed E-state index contributed by atoms with van der Waals surface area (Å²) in [7, 11) is -1.90. The van der Waals surface area contributed by atoms with Crippen molar-refractivity contribution in [3.63, 3.8) is 0 Å².